The Hall–Kier alpha value is -2.40. The van der Waals surface area contributed by atoms with Gasteiger partial charge in [-0.2, -0.15) is 0 Å². The normalized spacial score (nSPS) is 15.5. The first-order valence-electron chi connectivity index (χ1n) is 19.6. The summed E-state index contributed by atoms with van der Waals surface area (Å²) in [6, 6.07) is 0. The van der Waals surface area contributed by atoms with E-state index in [4.69, 9.17) is 33.2 Å². The second-order valence-corrected chi connectivity index (χ2v) is 13.2. The average molecular weight is 745 g/mol. The molecular formula is C37H68N4O11. The Morgan fingerprint density at radius 2 is 0.865 bits per heavy atom. The molecular weight excluding hydrogens is 676 g/mol. The van der Waals surface area contributed by atoms with Crippen molar-refractivity contribution in [3.05, 3.63) is 0 Å². The fourth-order valence-corrected chi connectivity index (χ4v) is 5.67. The van der Waals surface area contributed by atoms with Gasteiger partial charge in [0.2, 0.25) is 0 Å². The Kier molecular flexibility index (Phi) is 27.3. The minimum atomic E-state index is -0.277. The maximum atomic E-state index is 12.5. The van der Waals surface area contributed by atoms with Gasteiger partial charge in [0.25, 0.3) is 0 Å². The molecule has 302 valence electrons. The summed E-state index contributed by atoms with van der Waals surface area (Å²) in [5.74, 6) is -0.965. The van der Waals surface area contributed by atoms with Crippen LogP contribution < -0.4 is 0 Å². The Morgan fingerprint density at radius 1 is 0.500 bits per heavy atom. The molecule has 0 radical (unpaired) electrons. The molecule has 0 atom stereocenters. The van der Waals surface area contributed by atoms with Crippen LogP contribution in [-0.4, -0.2) is 189 Å². The molecule has 0 unspecified atom stereocenters. The van der Waals surface area contributed by atoms with Crippen molar-refractivity contribution >= 4 is 23.9 Å². The van der Waals surface area contributed by atoms with Gasteiger partial charge in [0.05, 0.1) is 78.5 Å². The monoisotopic (exact) mass is 744 g/mol. The van der Waals surface area contributed by atoms with E-state index in [0.717, 1.165) is 117 Å². The summed E-state index contributed by atoms with van der Waals surface area (Å²) in [6.45, 7) is 15.6. The van der Waals surface area contributed by atoms with E-state index in [9.17, 15) is 19.2 Å². The van der Waals surface area contributed by atoms with Crippen LogP contribution >= 0.6 is 0 Å². The lowest BCUT2D eigenvalue weighted by molar-refractivity contribution is -0.146. The van der Waals surface area contributed by atoms with Gasteiger partial charge in [-0.1, -0.05) is 13.3 Å². The van der Waals surface area contributed by atoms with Gasteiger partial charge in [-0.15, -0.1) is 0 Å². The molecule has 15 heteroatoms. The molecule has 2 fully saturated rings. The summed E-state index contributed by atoms with van der Waals surface area (Å²) in [7, 11) is 1.56. The number of ether oxygens (including phenoxy) is 7. The molecule has 15 nitrogen and oxygen atoms in total. The summed E-state index contributed by atoms with van der Waals surface area (Å²) in [6.07, 6.45) is 6.15. The molecule has 0 N–H and O–H groups in total. The molecule has 2 rings (SSSR count). The van der Waals surface area contributed by atoms with Gasteiger partial charge in [0, 0.05) is 85.6 Å². The van der Waals surface area contributed by atoms with Crippen molar-refractivity contribution in [1.29, 1.82) is 0 Å². The third-order valence-corrected chi connectivity index (χ3v) is 9.08. The van der Waals surface area contributed by atoms with Crippen LogP contribution in [0.2, 0.25) is 0 Å². The number of nitrogens with zero attached hydrogens (tertiary/aromatic N) is 4. The number of unbranched alkanes of at least 4 members (excludes halogenated alkanes) is 4. The summed E-state index contributed by atoms with van der Waals surface area (Å²) < 4.78 is 37.2. The first-order chi connectivity index (χ1) is 25.4. The standard InChI is InChI=1S/C37H68N4O11/c1-3-4-25-49-34(42)9-13-38(17-19-40-21-28-47-29-22-40)14-10-35(43)50-26-7-5-6-8-27-51-36(44)11-15-39(16-12-37(45)52-33-32-46-2)18-20-41-23-30-48-31-24-41/h3-33H2,1-2H3. The van der Waals surface area contributed by atoms with E-state index in [1.165, 1.54) is 0 Å². The van der Waals surface area contributed by atoms with E-state index in [0.29, 0.717) is 59.0 Å². The van der Waals surface area contributed by atoms with E-state index >= 15 is 0 Å². The van der Waals surface area contributed by atoms with Crippen LogP contribution in [0.5, 0.6) is 0 Å². The lowest BCUT2D eigenvalue weighted by atomic mass is 10.2. The fraction of sp³-hybridized carbons (Fsp3) is 0.892. The van der Waals surface area contributed by atoms with Gasteiger partial charge in [0.1, 0.15) is 6.61 Å². The number of hydrogen-bond acceptors (Lipinski definition) is 15. The van der Waals surface area contributed by atoms with Gasteiger partial charge < -0.3 is 43.0 Å². The van der Waals surface area contributed by atoms with Crippen LogP contribution in [-0.2, 0) is 52.3 Å². The van der Waals surface area contributed by atoms with Crippen LogP contribution in [0.25, 0.3) is 0 Å². The zero-order valence-corrected chi connectivity index (χ0v) is 32.2. The van der Waals surface area contributed by atoms with E-state index in [-0.39, 0.29) is 49.7 Å². The smallest absolute Gasteiger partial charge is 0.307 e. The second-order valence-electron chi connectivity index (χ2n) is 13.2. The molecule has 0 aromatic heterocycles. The predicted molar refractivity (Wildman–Crippen MR) is 195 cm³/mol. The zero-order valence-electron chi connectivity index (χ0n) is 32.2. The van der Waals surface area contributed by atoms with Crippen molar-refractivity contribution < 1.29 is 52.3 Å². The lowest BCUT2D eigenvalue weighted by Gasteiger charge is -2.29. The molecule has 2 aliphatic heterocycles. The van der Waals surface area contributed by atoms with Crippen molar-refractivity contribution in [3.8, 4) is 0 Å². The quantitative estimate of drug-likeness (QED) is 0.0579. The number of carbonyl (C=O) groups excluding carboxylic acids is 4. The SMILES string of the molecule is CCCCOC(=O)CCN(CCC(=O)OCCCCCCOC(=O)CCN(CCC(=O)OCCOC)CCN1CCOCC1)CCN1CCOCC1. The highest BCUT2D eigenvalue weighted by Crippen LogP contribution is 2.06. The molecule has 0 spiro atoms. The Labute approximate surface area is 311 Å². The first-order valence-corrected chi connectivity index (χ1v) is 19.6. The van der Waals surface area contributed by atoms with Crippen LogP contribution in [0.3, 0.4) is 0 Å². The summed E-state index contributed by atoms with van der Waals surface area (Å²) >= 11 is 0. The number of hydrogen-bond donors (Lipinski definition) is 0. The van der Waals surface area contributed by atoms with Crippen LogP contribution in [0.1, 0.15) is 71.1 Å². The Morgan fingerprint density at radius 3 is 1.23 bits per heavy atom. The lowest BCUT2D eigenvalue weighted by Crippen LogP contribution is -2.42. The summed E-state index contributed by atoms with van der Waals surface area (Å²) in [5, 5.41) is 0. The van der Waals surface area contributed by atoms with E-state index < -0.39 is 0 Å². The topological polar surface area (TPSA) is 146 Å². The van der Waals surface area contributed by atoms with Gasteiger partial charge in [0.15, 0.2) is 0 Å². The molecule has 2 saturated heterocycles. The Balaban J connectivity index is 1.57. The number of esters is 4. The predicted octanol–water partition coefficient (Wildman–Crippen LogP) is 1.99. The van der Waals surface area contributed by atoms with Crippen molar-refractivity contribution in [2.75, 3.05) is 145 Å². The molecule has 0 aromatic rings. The molecule has 2 heterocycles. The maximum absolute atomic E-state index is 12.5. The van der Waals surface area contributed by atoms with Crippen molar-refractivity contribution in [3.63, 3.8) is 0 Å². The van der Waals surface area contributed by atoms with Crippen molar-refractivity contribution in [2.45, 2.75) is 71.1 Å². The summed E-state index contributed by atoms with van der Waals surface area (Å²) in [4.78, 5) is 58.1. The zero-order chi connectivity index (χ0) is 37.5. The van der Waals surface area contributed by atoms with Crippen LogP contribution in [0.4, 0.5) is 0 Å². The summed E-state index contributed by atoms with van der Waals surface area (Å²) in [5.41, 5.74) is 0. The highest BCUT2D eigenvalue weighted by molar-refractivity contribution is 5.71. The molecule has 52 heavy (non-hydrogen) atoms. The first kappa shape index (κ1) is 45.8. The molecule has 0 saturated carbocycles. The van der Waals surface area contributed by atoms with Crippen LogP contribution in [0, 0.1) is 0 Å². The largest absolute Gasteiger partial charge is 0.466 e. The molecule has 2 aliphatic rings. The van der Waals surface area contributed by atoms with Gasteiger partial charge in [-0.3, -0.25) is 29.0 Å². The number of morpholine rings is 2. The third kappa shape index (κ3) is 24.8. The fourth-order valence-electron chi connectivity index (χ4n) is 5.67. The highest BCUT2D eigenvalue weighted by Gasteiger charge is 2.17. The number of methoxy groups -OCH3 is 1. The van der Waals surface area contributed by atoms with E-state index in [2.05, 4.69) is 26.5 Å². The van der Waals surface area contributed by atoms with Crippen LogP contribution in [0.15, 0.2) is 0 Å². The minimum absolute atomic E-state index is 0.200. The number of rotatable bonds is 31. The molecule has 0 aliphatic carbocycles. The average Bonchev–Trinajstić information content (AvgIpc) is 3.16. The molecule has 0 bridgehead atoms. The minimum Gasteiger partial charge on any atom is -0.466 e. The molecule has 0 aromatic carbocycles. The third-order valence-electron chi connectivity index (χ3n) is 9.08. The van der Waals surface area contributed by atoms with Gasteiger partial charge in [-0.05, 0) is 32.1 Å². The van der Waals surface area contributed by atoms with Gasteiger partial charge in [-0.25, -0.2) is 0 Å². The van der Waals surface area contributed by atoms with E-state index in [1.54, 1.807) is 7.11 Å². The van der Waals surface area contributed by atoms with Crippen molar-refractivity contribution in [1.82, 2.24) is 19.6 Å². The highest BCUT2D eigenvalue weighted by atomic mass is 16.6. The maximum Gasteiger partial charge on any atom is 0.307 e. The van der Waals surface area contributed by atoms with E-state index in [1.807, 2.05) is 0 Å². The van der Waals surface area contributed by atoms with Crippen molar-refractivity contribution in [2.24, 2.45) is 0 Å². The molecule has 0 amide bonds. The Bertz CT molecular complexity index is 875. The second kappa shape index (κ2) is 31.0. The number of carbonyl (C=O) groups is 4. The van der Waals surface area contributed by atoms with Gasteiger partial charge >= 0.3 is 23.9 Å².